The number of benzene rings is 1. The number of ether oxygens (including phenoxy) is 1. The highest BCUT2D eigenvalue weighted by Crippen LogP contribution is 2.18. The van der Waals surface area contributed by atoms with Gasteiger partial charge in [-0.1, -0.05) is 18.2 Å². The van der Waals surface area contributed by atoms with Gasteiger partial charge in [0.05, 0.1) is 6.61 Å². The Labute approximate surface area is 121 Å². The Kier molecular flexibility index (Phi) is 5.41. The van der Waals surface area contributed by atoms with E-state index >= 15 is 0 Å². The summed E-state index contributed by atoms with van der Waals surface area (Å²) >= 11 is 0. The molecule has 0 saturated carbocycles. The van der Waals surface area contributed by atoms with Crippen LogP contribution in [-0.2, 0) is 11.3 Å². The topological polar surface area (TPSA) is 41.6 Å². The Morgan fingerprint density at radius 1 is 1.40 bits per heavy atom. The summed E-state index contributed by atoms with van der Waals surface area (Å²) in [4.78, 5) is 13.6. The van der Waals surface area contributed by atoms with Crippen LogP contribution < -0.4 is 10.1 Å². The number of nitrogens with zero attached hydrogens (tertiary/aromatic N) is 1. The van der Waals surface area contributed by atoms with E-state index in [1.54, 1.807) is 0 Å². The summed E-state index contributed by atoms with van der Waals surface area (Å²) in [7, 11) is 0. The number of nitrogens with one attached hydrogen (secondary N) is 1. The third-order valence-electron chi connectivity index (χ3n) is 3.58. The van der Waals surface area contributed by atoms with E-state index in [1.807, 2.05) is 30.0 Å². The van der Waals surface area contributed by atoms with Crippen LogP contribution in [0.3, 0.4) is 0 Å². The van der Waals surface area contributed by atoms with Crippen molar-refractivity contribution in [3.8, 4) is 5.75 Å². The Hall–Kier alpha value is -1.55. The first-order valence-electron chi connectivity index (χ1n) is 7.42. The van der Waals surface area contributed by atoms with Gasteiger partial charge in [-0.05, 0) is 26.3 Å². The number of amides is 1. The molecule has 1 amide bonds. The molecule has 0 spiro atoms. The summed E-state index contributed by atoms with van der Waals surface area (Å²) in [6.45, 7) is 7.24. The van der Waals surface area contributed by atoms with Crippen LogP contribution in [0.25, 0.3) is 0 Å². The van der Waals surface area contributed by atoms with E-state index in [0.717, 1.165) is 37.4 Å². The number of para-hydroxylation sites is 1. The van der Waals surface area contributed by atoms with E-state index in [4.69, 9.17) is 4.74 Å². The first-order valence-corrected chi connectivity index (χ1v) is 7.42. The lowest BCUT2D eigenvalue weighted by Gasteiger charge is -2.22. The normalized spacial score (nSPS) is 16.5. The molecular weight excluding hydrogens is 252 g/mol. The molecule has 20 heavy (non-hydrogen) atoms. The molecule has 1 heterocycles. The average Bonchev–Trinajstić information content (AvgIpc) is 2.84. The van der Waals surface area contributed by atoms with Crippen molar-refractivity contribution in [2.75, 3.05) is 19.7 Å². The molecule has 1 aliphatic heterocycles. The van der Waals surface area contributed by atoms with Crippen molar-refractivity contribution in [2.24, 2.45) is 0 Å². The second kappa shape index (κ2) is 7.29. The first kappa shape index (κ1) is 14.9. The van der Waals surface area contributed by atoms with E-state index in [1.165, 1.54) is 0 Å². The Bertz CT molecular complexity index is 448. The number of carbonyl (C=O) groups excluding carboxylic acids is 1. The summed E-state index contributed by atoms with van der Waals surface area (Å²) in [5.74, 6) is 1.22. The quantitative estimate of drug-likeness (QED) is 0.830. The predicted octanol–water partition coefficient (Wildman–Crippen LogP) is 2.19. The van der Waals surface area contributed by atoms with E-state index < -0.39 is 0 Å². The van der Waals surface area contributed by atoms with Crippen LogP contribution in [0.15, 0.2) is 24.3 Å². The maximum absolute atomic E-state index is 11.6. The van der Waals surface area contributed by atoms with Gasteiger partial charge in [0, 0.05) is 37.7 Å². The maximum Gasteiger partial charge on any atom is 0.222 e. The van der Waals surface area contributed by atoms with Crippen molar-refractivity contribution in [3.05, 3.63) is 29.8 Å². The molecule has 2 rings (SSSR count). The molecule has 4 nitrogen and oxygen atoms in total. The van der Waals surface area contributed by atoms with E-state index in [9.17, 15) is 4.79 Å². The SMILES string of the molecule is CCOc1ccccc1CNC(C)CN1CCCC1=O. The zero-order chi connectivity index (χ0) is 14.4. The van der Waals surface area contributed by atoms with Crippen LogP contribution in [0.5, 0.6) is 5.75 Å². The largest absolute Gasteiger partial charge is 0.494 e. The van der Waals surface area contributed by atoms with Gasteiger partial charge in [-0.3, -0.25) is 4.79 Å². The van der Waals surface area contributed by atoms with Crippen molar-refractivity contribution >= 4 is 5.91 Å². The number of likely N-dealkylation sites (tertiary alicyclic amines) is 1. The highest BCUT2D eigenvalue weighted by Gasteiger charge is 2.21. The van der Waals surface area contributed by atoms with Crippen LogP contribution >= 0.6 is 0 Å². The second-order valence-electron chi connectivity index (χ2n) is 5.27. The van der Waals surface area contributed by atoms with Gasteiger partial charge in [0.2, 0.25) is 5.91 Å². The molecule has 1 saturated heterocycles. The van der Waals surface area contributed by atoms with Gasteiger partial charge in [-0.15, -0.1) is 0 Å². The fourth-order valence-electron chi connectivity index (χ4n) is 2.52. The molecule has 1 atom stereocenters. The van der Waals surface area contributed by atoms with Gasteiger partial charge >= 0.3 is 0 Å². The van der Waals surface area contributed by atoms with Gasteiger partial charge in [0.1, 0.15) is 5.75 Å². The highest BCUT2D eigenvalue weighted by atomic mass is 16.5. The van der Waals surface area contributed by atoms with Gasteiger partial charge < -0.3 is 15.0 Å². The van der Waals surface area contributed by atoms with Crippen molar-refractivity contribution in [3.63, 3.8) is 0 Å². The summed E-state index contributed by atoms with van der Waals surface area (Å²) in [5, 5.41) is 3.47. The fourth-order valence-corrected chi connectivity index (χ4v) is 2.52. The molecule has 1 aromatic rings. The summed E-state index contributed by atoms with van der Waals surface area (Å²) < 4.78 is 5.62. The average molecular weight is 276 g/mol. The van der Waals surface area contributed by atoms with Crippen molar-refractivity contribution < 1.29 is 9.53 Å². The van der Waals surface area contributed by atoms with Gasteiger partial charge in [-0.25, -0.2) is 0 Å². The highest BCUT2D eigenvalue weighted by molar-refractivity contribution is 5.78. The molecule has 1 fully saturated rings. The minimum atomic E-state index is 0.284. The van der Waals surface area contributed by atoms with Crippen molar-refractivity contribution in [2.45, 2.75) is 39.3 Å². The van der Waals surface area contributed by atoms with Crippen molar-refractivity contribution in [1.82, 2.24) is 10.2 Å². The number of hydrogen-bond donors (Lipinski definition) is 1. The second-order valence-corrected chi connectivity index (χ2v) is 5.27. The molecule has 1 aliphatic rings. The van der Waals surface area contributed by atoms with E-state index in [2.05, 4.69) is 18.3 Å². The van der Waals surface area contributed by atoms with Crippen LogP contribution in [0.4, 0.5) is 0 Å². The lowest BCUT2D eigenvalue weighted by Crippen LogP contribution is -2.39. The molecule has 0 radical (unpaired) electrons. The monoisotopic (exact) mass is 276 g/mol. The molecule has 0 aromatic heterocycles. The maximum atomic E-state index is 11.6. The Morgan fingerprint density at radius 3 is 2.90 bits per heavy atom. The summed E-state index contributed by atoms with van der Waals surface area (Å²) in [6, 6.07) is 8.36. The molecule has 0 bridgehead atoms. The zero-order valence-electron chi connectivity index (χ0n) is 12.4. The Morgan fingerprint density at radius 2 is 2.20 bits per heavy atom. The fraction of sp³-hybridized carbons (Fsp3) is 0.562. The minimum absolute atomic E-state index is 0.284. The Balaban J connectivity index is 1.83. The molecule has 1 aromatic carbocycles. The third-order valence-corrected chi connectivity index (χ3v) is 3.58. The van der Waals surface area contributed by atoms with Crippen LogP contribution in [0, 0.1) is 0 Å². The standard InChI is InChI=1S/C16H24N2O2/c1-3-20-15-8-5-4-7-14(15)11-17-13(2)12-18-10-6-9-16(18)19/h4-5,7-8,13,17H,3,6,9-12H2,1-2H3. The molecular formula is C16H24N2O2. The molecule has 1 unspecified atom stereocenters. The number of hydrogen-bond acceptors (Lipinski definition) is 3. The number of carbonyl (C=O) groups is 1. The van der Waals surface area contributed by atoms with Crippen LogP contribution in [-0.4, -0.2) is 36.5 Å². The van der Waals surface area contributed by atoms with Crippen LogP contribution in [0.2, 0.25) is 0 Å². The lowest BCUT2D eigenvalue weighted by molar-refractivity contribution is -0.127. The van der Waals surface area contributed by atoms with E-state index in [0.29, 0.717) is 13.0 Å². The molecule has 1 N–H and O–H groups in total. The zero-order valence-corrected chi connectivity index (χ0v) is 12.4. The molecule has 4 heteroatoms. The smallest absolute Gasteiger partial charge is 0.222 e. The summed E-state index contributed by atoms with van der Waals surface area (Å²) in [5.41, 5.74) is 1.16. The van der Waals surface area contributed by atoms with Gasteiger partial charge in [0.15, 0.2) is 0 Å². The molecule has 110 valence electrons. The van der Waals surface area contributed by atoms with Crippen LogP contribution in [0.1, 0.15) is 32.3 Å². The van der Waals surface area contributed by atoms with Gasteiger partial charge in [0.25, 0.3) is 0 Å². The van der Waals surface area contributed by atoms with Crippen molar-refractivity contribution in [1.29, 1.82) is 0 Å². The first-order chi connectivity index (χ1) is 9.70. The third kappa shape index (κ3) is 3.97. The minimum Gasteiger partial charge on any atom is -0.494 e. The summed E-state index contributed by atoms with van der Waals surface area (Å²) in [6.07, 6.45) is 1.71. The van der Waals surface area contributed by atoms with Gasteiger partial charge in [-0.2, -0.15) is 0 Å². The predicted molar refractivity (Wildman–Crippen MR) is 79.7 cm³/mol. The van der Waals surface area contributed by atoms with E-state index in [-0.39, 0.29) is 11.9 Å². The molecule has 0 aliphatic carbocycles. The lowest BCUT2D eigenvalue weighted by atomic mass is 10.2. The number of rotatable bonds is 7.